The van der Waals surface area contributed by atoms with Gasteiger partial charge in [0.05, 0.1) is 44.4 Å². The molecule has 5 N–H and O–H groups in total. The minimum absolute atomic E-state index is 0. The number of allylic oxidation sites excluding steroid dienone is 1. The molecule has 16 nitrogen and oxygen atoms in total. The van der Waals surface area contributed by atoms with E-state index in [-0.39, 0.29) is 182 Å². The quantitative estimate of drug-likeness (QED) is 0.00397. The predicted molar refractivity (Wildman–Crippen MR) is 483 cm³/mol. The van der Waals surface area contributed by atoms with Crippen LogP contribution in [-0.4, -0.2) is 169 Å². The topological polar surface area (TPSA) is 227 Å². The number of carbonyl (C=O) groups excluding carboxylic acids is 6. The summed E-state index contributed by atoms with van der Waals surface area (Å²) in [5, 5.41) is 14.5. The Balaban J connectivity index is -0.000000244. The summed E-state index contributed by atoms with van der Waals surface area (Å²) >= 11 is 0. The van der Waals surface area contributed by atoms with E-state index in [1.165, 1.54) is 119 Å². The third kappa shape index (κ3) is 56.2. The molecule has 6 fully saturated rings. The van der Waals surface area contributed by atoms with Gasteiger partial charge >= 0.3 is 93.6 Å². The molecule has 6 aromatic rings. The van der Waals surface area contributed by atoms with Crippen molar-refractivity contribution in [1.29, 1.82) is 0 Å². The Morgan fingerprint density at radius 1 is 0.613 bits per heavy atom. The molecular formula is C91H134BBrCl2F3Mg2N4NaO12PSi. The first-order valence-electron chi connectivity index (χ1n) is 39.5. The zero-order valence-electron chi connectivity index (χ0n) is 73.5. The molecule has 0 spiro atoms. The number of aliphatic hydroxyl groups excluding tert-OH is 1. The maximum atomic E-state index is 13.3. The summed E-state index contributed by atoms with van der Waals surface area (Å²) in [5.74, 6) is 4.70. The van der Waals surface area contributed by atoms with Crippen LogP contribution in [0, 0.1) is 65.4 Å². The van der Waals surface area contributed by atoms with Crippen molar-refractivity contribution >= 4 is 157 Å². The number of methoxy groups -OCH3 is 1. The molecule has 3 radical (unpaired) electrons. The van der Waals surface area contributed by atoms with Gasteiger partial charge in [-0.2, -0.15) is 32.0 Å². The van der Waals surface area contributed by atoms with Gasteiger partial charge in [0.25, 0.3) is 0 Å². The number of nitrogens with zero attached hydrogens (tertiary/aromatic N) is 2. The molecule has 6 aliphatic rings. The molecule has 12 rings (SSSR count). The fourth-order valence-corrected chi connectivity index (χ4v) is 14.8. The fraction of sp³-hybridized carbons (Fsp3) is 0.495. The summed E-state index contributed by atoms with van der Waals surface area (Å²) in [5.41, 5.74) is 12.9. The summed E-state index contributed by atoms with van der Waals surface area (Å²) in [6.45, 7) is 17.9. The zero-order valence-corrected chi connectivity index (χ0v) is 82.4. The van der Waals surface area contributed by atoms with Gasteiger partial charge in [-0.05, 0) is 187 Å². The van der Waals surface area contributed by atoms with Crippen molar-refractivity contribution in [3.8, 4) is 0 Å². The van der Waals surface area contributed by atoms with Gasteiger partial charge in [-0.25, -0.2) is 27.8 Å². The predicted octanol–water partition coefficient (Wildman–Crippen LogP) is 9.63. The van der Waals surface area contributed by atoms with Crippen molar-refractivity contribution in [2.24, 2.45) is 35.5 Å². The minimum Gasteiger partial charge on any atom is -1.00 e. The number of nitrogen functional groups attached to an aromatic ring is 2. The zero-order chi connectivity index (χ0) is 82.2. The van der Waals surface area contributed by atoms with E-state index in [1.54, 1.807) is 38.2 Å². The molecule has 0 heterocycles. The van der Waals surface area contributed by atoms with Gasteiger partial charge in [0, 0.05) is 77.6 Å². The maximum absolute atomic E-state index is 13.3. The first-order chi connectivity index (χ1) is 53.2. The Morgan fingerprint density at radius 3 is 1.39 bits per heavy atom. The number of benzene rings is 6. The van der Waals surface area contributed by atoms with Crippen molar-refractivity contribution in [2.75, 3.05) is 70.8 Å². The number of ether oxygens (including phenoxy) is 4. The molecule has 0 saturated heterocycles. The van der Waals surface area contributed by atoms with E-state index >= 15 is 0 Å². The second kappa shape index (κ2) is 71.8. The molecule has 1 atom stereocenters. The molecule has 28 heteroatoms. The number of amides is 1. The Kier molecular flexibility index (Phi) is 75.6. The van der Waals surface area contributed by atoms with Crippen molar-refractivity contribution in [3.05, 3.63) is 199 Å². The number of carbonyl (C=O) groups is 6. The number of aliphatic hydroxyl groups is 1. The van der Waals surface area contributed by atoms with Crippen LogP contribution in [0.4, 0.5) is 30.2 Å². The Hall–Kier alpha value is -4.48. The SMILES string of the molecule is C.CCOC.CCOC(=O)/C=C/C1CC1.CCOC(=O)C=P(c1ccccc1)(c1ccccc1)c1ccccc1.CCOC(=O)CCC1CC1.CN(c1c[c-]ccc1F)[Si](C)(C)C.CON(C)C(=O)CCC1CC1.C[CH-]C.Cl.Nc1cc(C(=O)CCC2CC2)ccc1F.Nc1cc(C(O)CCC2CC2)ccc1F.O=CC1CC1.[B].[Br-].[Cl-].[H-].[Mg+2].[Mg+2].[Na+]. The van der Waals surface area contributed by atoms with Crippen LogP contribution in [0.25, 0.3) is 0 Å². The van der Waals surface area contributed by atoms with Gasteiger partial charge in [0.2, 0.25) is 5.91 Å². The van der Waals surface area contributed by atoms with Crippen molar-refractivity contribution in [1.82, 2.24) is 5.06 Å². The minimum atomic E-state index is -2.24. The van der Waals surface area contributed by atoms with E-state index in [2.05, 4.69) is 66.8 Å². The molecule has 649 valence electrons. The van der Waals surface area contributed by atoms with Crippen LogP contribution >= 0.6 is 19.3 Å². The second-order valence-electron chi connectivity index (χ2n) is 29.1. The van der Waals surface area contributed by atoms with Crippen LogP contribution in [0.5, 0.6) is 0 Å². The molecular weight excluding hydrogens is 1690 g/mol. The van der Waals surface area contributed by atoms with Crippen molar-refractivity contribution in [3.63, 3.8) is 0 Å². The van der Waals surface area contributed by atoms with E-state index in [4.69, 9.17) is 30.5 Å². The number of anilines is 3. The average Bonchev–Trinajstić information content (AvgIpc) is 1.45. The summed E-state index contributed by atoms with van der Waals surface area (Å²) in [6, 6.07) is 47.0. The van der Waals surface area contributed by atoms with Gasteiger partial charge < -0.3 is 82.1 Å². The number of hydroxylamine groups is 2. The number of esters is 3. The normalized spacial score (nSPS) is 13.5. The molecule has 0 aliphatic heterocycles. The van der Waals surface area contributed by atoms with E-state index in [0.29, 0.717) is 62.2 Å². The van der Waals surface area contributed by atoms with Crippen molar-refractivity contribution in [2.45, 2.75) is 203 Å². The van der Waals surface area contributed by atoms with Gasteiger partial charge in [-0.1, -0.05) is 182 Å². The van der Waals surface area contributed by atoms with Crippen LogP contribution in [0.15, 0.2) is 158 Å². The van der Waals surface area contributed by atoms with E-state index in [9.17, 15) is 47.0 Å². The van der Waals surface area contributed by atoms with Crippen LogP contribution in [0.2, 0.25) is 19.6 Å². The molecule has 6 aromatic carbocycles. The van der Waals surface area contributed by atoms with Crippen LogP contribution in [0.3, 0.4) is 0 Å². The Morgan fingerprint density at radius 2 is 1.03 bits per heavy atom. The molecule has 6 aliphatic carbocycles. The standard InChI is InChI=1S/C22H21O2P.C12H16FNO.C12H14FNO.C10H15FNSi.C8H15NO2.C8H14O2.C8H12O2.C4H6O.C3H8O.C3H7.CH4.B.BrH.2ClH.2Mg.Na.H/c1-2-24-22(23)18-25(19-12-6-3-7-13-19,20-14-8-4-9-15-20)21-16-10-5-11-17-21;2*13-10-5-4-9(7-11(10)14)12(15)6-3-8-1-2-8;1-12(13(2,3)4)10-8-6-5-7-9(10)11;1-9(11-2)8(10)6-5-7-3-4-7;2*1-2-10-8(9)6-5-7-3-4-7;5-3-4-1-2-4;1-3-4-2;1-3-2;;;;;;;;;/h3-18H,2H2,1H3;4-5,7-8,12,15H,1-3,6,14H2;4-5,7-8H,1-3,6,14H2;5,7-8H,1-4H3;7H,3-6H2,1-2H3;7H,2-6H2,1H3;5-7H,2-4H2,1H3;3-4H,1-2H2;3H2,1-2H3;3H,1-2H3;1H4;;3*1H;;;;/q;;;-1;;;;;;-1;;;;;;2*+2;+1;-1/p-2/b;;;;;;6-5+;;;;;;;;;;;;. The molecule has 0 aromatic heterocycles. The average molecular weight is 1830 g/mol. The summed E-state index contributed by atoms with van der Waals surface area (Å²) in [4.78, 5) is 71.0. The summed E-state index contributed by atoms with van der Waals surface area (Å²) in [7, 11) is 5.32. The van der Waals surface area contributed by atoms with E-state index in [0.717, 1.165) is 103 Å². The number of Topliss-reactive ketones (excluding diaryl/α,β-unsaturated/α-hetero) is 1. The molecule has 1 amide bonds. The van der Waals surface area contributed by atoms with E-state index < -0.39 is 32.9 Å². The number of hydrogen-bond donors (Lipinski definition) is 3. The Labute approximate surface area is 793 Å². The number of ketones is 1. The number of hydrogen-bond acceptors (Lipinski definition) is 15. The van der Waals surface area contributed by atoms with Gasteiger partial charge in [0.1, 0.15) is 26.2 Å². The second-order valence-corrected chi connectivity index (χ2v) is 37.4. The van der Waals surface area contributed by atoms with Crippen molar-refractivity contribution < 1.29 is 131 Å². The number of aldehydes is 1. The summed E-state index contributed by atoms with van der Waals surface area (Å²) < 4.78 is 60.4. The van der Waals surface area contributed by atoms with Crippen LogP contribution < -0.4 is 90.9 Å². The summed E-state index contributed by atoms with van der Waals surface area (Å²) in [6.07, 6.45) is 27.7. The number of halogens is 6. The smallest absolute Gasteiger partial charge is 1.00 e. The number of rotatable bonds is 28. The van der Waals surface area contributed by atoms with Gasteiger partial charge in [-0.15, -0.1) is 18.5 Å². The van der Waals surface area contributed by atoms with E-state index in [1.807, 2.05) is 120 Å². The third-order valence-corrected chi connectivity index (χ3v) is 24.5. The Bertz CT molecular complexity index is 3670. The molecule has 1 unspecified atom stereocenters. The van der Waals surface area contributed by atoms with Gasteiger partial charge in [-0.3, -0.25) is 19.2 Å². The maximum Gasteiger partial charge on any atom is 2.00 e. The fourth-order valence-electron chi connectivity index (χ4n) is 10.2. The molecule has 119 heavy (non-hydrogen) atoms. The van der Waals surface area contributed by atoms with Gasteiger partial charge in [0.15, 0.2) is 5.78 Å². The monoisotopic (exact) mass is 1820 g/mol. The molecule has 0 bridgehead atoms. The number of nitrogens with two attached hydrogens (primary N) is 2. The first-order valence-corrected chi connectivity index (χ1v) is 44.8. The molecule has 6 saturated carbocycles. The first kappa shape index (κ1) is 125. The van der Waals surface area contributed by atoms with Crippen LogP contribution in [0.1, 0.15) is 201 Å². The third-order valence-electron chi connectivity index (χ3n) is 18.3. The van der Waals surface area contributed by atoms with Crippen LogP contribution in [-0.2, 0) is 47.8 Å². The largest absolute Gasteiger partial charge is 2.00 e.